The van der Waals surface area contributed by atoms with Gasteiger partial charge >= 0.3 is 0 Å². The van der Waals surface area contributed by atoms with E-state index < -0.39 is 0 Å². The Hall–Kier alpha value is -3.20. The molecule has 0 atom stereocenters. The van der Waals surface area contributed by atoms with Gasteiger partial charge in [0.1, 0.15) is 11.6 Å². The number of amides is 1. The zero-order valence-electron chi connectivity index (χ0n) is 17.8. The first kappa shape index (κ1) is 22.5. The predicted octanol–water partition coefficient (Wildman–Crippen LogP) is 3.97. The summed E-state index contributed by atoms with van der Waals surface area (Å²) in [5, 5.41) is 9.18. The molecule has 0 aromatic carbocycles. The maximum atomic E-state index is 12.5. The SMILES string of the molecule is CC(C)(C)c1cc(NC(=O)CCC(=O)CCC(=O)c2cccs2)n(-c2ncccn2)n1. The number of thiophene rings is 1. The topological polar surface area (TPSA) is 107 Å². The van der Waals surface area contributed by atoms with Crippen LogP contribution in [0.2, 0.25) is 0 Å². The molecule has 0 spiro atoms. The molecule has 0 radical (unpaired) electrons. The summed E-state index contributed by atoms with van der Waals surface area (Å²) in [6.07, 6.45) is 3.59. The van der Waals surface area contributed by atoms with Crippen molar-refractivity contribution in [3.8, 4) is 5.95 Å². The number of nitrogens with one attached hydrogen (secondary N) is 1. The molecular formula is C22H25N5O3S. The molecule has 1 amide bonds. The van der Waals surface area contributed by atoms with Gasteiger partial charge in [-0.3, -0.25) is 14.4 Å². The van der Waals surface area contributed by atoms with Crippen molar-refractivity contribution >= 4 is 34.6 Å². The van der Waals surface area contributed by atoms with Crippen LogP contribution in [0.3, 0.4) is 0 Å². The van der Waals surface area contributed by atoms with E-state index in [1.807, 2.05) is 26.2 Å². The monoisotopic (exact) mass is 439 g/mol. The smallest absolute Gasteiger partial charge is 0.252 e. The summed E-state index contributed by atoms with van der Waals surface area (Å²) in [5.74, 6) is 0.318. The van der Waals surface area contributed by atoms with Gasteiger partial charge in [0.15, 0.2) is 5.78 Å². The molecule has 0 fully saturated rings. The highest BCUT2D eigenvalue weighted by atomic mass is 32.1. The summed E-state index contributed by atoms with van der Waals surface area (Å²) in [5.41, 5.74) is 0.545. The molecule has 0 bridgehead atoms. The van der Waals surface area contributed by atoms with Gasteiger partial charge in [0.25, 0.3) is 5.95 Å². The molecule has 0 saturated carbocycles. The molecule has 1 N–H and O–H groups in total. The average Bonchev–Trinajstić information content (AvgIpc) is 3.41. The van der Waals surface area contributed by atoms with Crippen molar-refractivity contribution in [2.45, 2.75) is 51.9 Å². The number of Topliss-reactive ketones (excluding diaryl/α,β-unsaturated/α-hetero) is 2. The maximum Gasteiger partial charge on any atom is 0.252 e. The minimum absolute atomic E-state index is 0.0255. The Morgan fingerprint density at radius 2 is 1.74 bits per heavy atom. The fourth-order valence-corrected chi connectivity index (χ4v) is 3.48. The lowest BCUT2D eigenvalue weighted by Crippen LogP contribution is -2.17. The number of carbonyl (C=O) groups is 3. The number of rotatable bonds is 9. The first-order valence-electron chi connectivity index (χ1n) is 10.0. The number of carbonyl (C=O) groups excluding carboxylic acids is 3. The second-order valence-corrected chi connectivity index (χ2v) is 9.06. The molecule has 9 heteroatoms. The second kappa shape index (κ2) is 9.74. The number of nitrogens with zero attached hydrogens (tertiary/aromatic N) is 4. The van der Waals surface area contributed by atoms with Crippen LogP contribution in [0.5, 0.6) is 0 Å². The quantitative estimate of drug-likeness (QED) is 0.506. The first-order valence-corrected chi connectivity index (χ1v) is 10.9. The van der Waals surface area contributed by atoms with E-state index in [1.54, 1.807) is 36.7 Å². The van der Waals surface area contributed by atoms with Gasteiger partial charge in [-0.25, -0.2) is 9.97 Å². The molecular weight excluding hydrogens is 414 g/mol. The van der Waals surface area contributed by atoms with Gasteiger partial charge in [0.05, 0.1) is 10.6 Å². The molecule has 3 aromatic heterocycles. The summed E-state index contributed by atoms with van der Waals surface area (Å²) in [6.45, 7) is 6.06. The lowest BCUT2D eigenvalue weighted by atomic mass is 9.92. The number of ketones is 2. The van der Waals surface area contributed by atoms with Crippen molar-refractivity contribution < 1.29 is 14.4 Å². The molecule has 3 heterocycles. The van der Waals surface area contributed by atoms with Crippen molar-refractivity contribution in [1.29, 1.82) is 0 Å². The van der Waals surface area contributed by atoms with E-state index in [2.05, 4.69) is 20.4 Å². The van der Waals surface area contributed by atoms with Gasteiger partial charge in [0.2, 0.25) is 5.91 Å². The Morgan fingerprint density at radius 1 is 1.03 bits per heavy atom. The van der Waals surface area contributed by atoms with Crippen LogP contribution in [0.25, 0.3) is 5.95 Å². The summed E-state index contributed by atoms with van der Waals surface area (Å²) in [4.78, 5) is 45.7. The molecule has 0 aliphatic carbocycles. The number of aromatic nitrogens is 4. The highest BCUT2D eigenvalue weighted by Crippen LogP contribution is 2.25. The number of hydrogen-bond donors (Lipinski definition) is 1. The van der Waals surface area contributed by atoms with Crippen LogP contribution in [-0.4, -0.2) is 37.2 Å². The van der Waals surface area contributed by atoms with E-state index in [0.29, 0.717) is 16.6 Å². The van der Waals surface area contributed by atoms with Gasteiger partial charge in [-0.05, 0) is 17.5 Å². The fraction of sp³-hybridized carbons (Fsp3) is 0.364. The third-order valence-corrected chi connectivity index (χ3v) is 5.46. The number of anilines is 1. The van der Waals surface area contributed by atoms with E-state index in [9.17, 15) is 14.4 Å². The lowest BCUT2D eigenvalue weighted by molar-refractivity contribution is -0.122. The average molecular weight is 440 g/mol. The van der Waals surface area contributed by atoms with E-state index in [-0.39, 0.29) is 48.6 Å². The third-order valence-electron chi connectivity index (χ3n) is 4.54. The Morgan fingerprint density at radius 3 is 2.39 bits per heavy atom. The first-order chi connectivity index (χ1) is 14.7. The lowest BCUT2D eigenvalue weighted by Gasteiger charge is -2.13. The largest absolute Gasteiger partial charge is 0.310 e. The Bertz CT molecular complexity index is 1050. The van der Waals surface area contributed by atoms with Crippen LogP contribution in [0.1, 0.15) is 61.8 Å². The van der Waals surface area contributed by atoms with Crippen molar-refractivity contribution in [1.82, 2.24) is 19.7 Å². The van der Waals surface area contributed by atoms with E-state index in [4.69, 9.17) is 0 Å². The molecule has 0 aliphatic rings. The van der Waals surface area contributed by atoms with E-state index >= 15 is 0 Å². The van der Waals surface area contributed by atoms with Crippen molar-refractivity contribution in [2.75, 3.05) is 5.32 Å². The zero-order chi connectivity index (χ0) is 22.4. The van der Waals surface area contributed by atoms with Gasteiger partial charge < -0.3 is 5.32 Å². The molecule has 162 valence electrons. The minimum atomic E-state index is -0.310. The summed E-state index contributed by atoms with van der Waals surface area (Å²) >= 11 is 1.36. The molecule has 3 rings (SSSR count). The Labute approximate surface area is 184 Å². The molecule has 0 aliphatic heterocycles. The van der Waals surface area contributed by atoms with Gasteiger partial charge in [-0.1, -0.05) is 26.8 Å². The highest BCUT2D eigenvalue weighted by Gasteiger charge is 2.22. The number of hydrogen-bond acceptors (Lipinski definition) is 7. The van der Waals surface area contributed by atoms with Crippen LogP contribution >= 0.6 is 11.3 Å². The Kier molecular flexibility index (Phi) is 7.06. The van der Waals surface area contributed by atoms with E-state index in [0.717, 1.165) is 5.69 Å². The van der Waals surface area contributed by atoms with Crippen LogP contribution in [0.15, 0.2) is 42.0 Å². The maximum absolute atomic E-state index is 12.5. The highest BCUT2D eigenvalue weighted by molar-refractivity contribution is 7.12. The summed E-state index contributed by atoms with van der Waals surface area (Å²) in [6, 6.07) is 7.04. The van der Waals surface area contributed by atoms with Gasteiger partial charge in [-0.15, -0.1) is 11.3 Å². The predicted molar refractivity (Wildman–Crippen MR) is 119 cm³/mol. The van der Waals surface area contributed by atoms with Crippen molar-refractivity contribution in [3.63, 3.8) is 0 Å². The molecule has 0 saturated heterocycles. The zero-order valence-corrected chi connectivity index (χ0v) is 18.6. The minimum Gasteiger partial charge on any atom is -0.310 e. The molecule has 3 aromatic rings. The van der Waals surface area contributed by atoms with Gasteiger partial charge in [0, 0.05) is 49.6 Å². The standard InChI is InChI=1S/C22H25N5O3S/c1-22(2,3)18-14-19(27(26-18)21-23-11-5-12-24-21)25-20(30)10-8-15(28)7-9-16(29)17-6-4-13-31-17/h4-6,11-14H,7-10H2,1-3H3,(H,25,30). The molecule has 8 nitrogen and oxygen atoms in total. The fourth-order valence-electron chi connectivity index (χ4n) is 2.79. The van der Waals surface area contributed by atoms with Gasteiger partial charge in [-0.2, -0.15) is 9.78 Å². The van der Waals surface area contributed by atoms with Crippen LogP contribution in [0, 0.1) is 0 Å². The van der Waals surface area contributed by atoms with E-state index in [1.165, 1.54) is 16.0 Å². The molecule has 0 unspecified atom stereocenters. The van der Waals surface area contributed by atoms with Crippen LogP contribution in [-0.2, 0) is 15.0 Å². The second-order valence-electron chi connectivity index (χ2n) is 8.11. The van der Waals surface area contributed by atoms with Crippen LogP contribution < -0.4 is 5.32 Å². The Balaban J connectivity index is 1.59. The summed E-state index contributed by atoms with van der Waals surface area (Å²) < 4.78 is 1.49. The van der Waals surface area contributed by atoms with Crippen LogP contribution in [0.4, 0.5) is 5.82 Å². The van der Waals surface area contributed by atoms with Crippen molar-refractivity contribution in [3.05, 3.63) is 52.6 Å². The molecule has 31 heavy (non-hydrogen) atoms. The summed E-state index contributed by atoms with van der Waals surface area (Å²) in [7, 11) is 0. The third kappa shape index (κ3) is 6.14. The van der Waals surface area contributed by atoms with Crippen molar-refractivity contribution in [2.24, 2.45) is 0 Å². The normalized spacial score (nSPS) is 11.3.